The van der Waals surface area contributed by atoms with Crippen molar-refractivity contribution in [3.63, 3.8) is 0 Å². The zero-order valence-corrected chi connectivity index (χ0v) is 17.9. The summed E-state index contributed by atoms with van der Waals surface area (Å²) in [7, 11) is 3.48. The Morgan fingerprint density at radius 2 is 2.00 bits per heavy atom. The molecule has 7 nitrogen and oxygen atoms in total. The van der Waals surface area contributed by atoms with Crippen LogP contribution in [-0.2, 0) is 6.54 Å². The summed E-state index contributed by atoms with van der Waals surface area (Å²) in [5.41, 5.74) is 0.956. The number of ether oxygens (including phenoxy) is 1. The van der Waals surface area contributed by atoms with Gasteiger partial charge < -0.3 is 15.0 Å². The van der Waals surface area contributed by atoms with Gasteiger partial charge in [0.05, 0.1) is 13.7 Å². The molecule has 2 heterocycles. The summed E-state index contributed by atoms with van der Waals surface area (Å²) in [4.78, 5) is 11.3. The van der Waals surface area contributed by atoms with E-state index in [1.807, 2.05) is 31.3 Å². The molecule has 0 bridgehead atoms. The monoisotopic (exact) mass is 470 g/mol. The molecule has 0 amide bonds. The molecule has 0 unspecified atom stereocenters. The van der Waals surface area contributed by atoms with Crippen LogP contribution in [0, 0.1) is 5.92 Å². The molecule has 1 aromatic carbocycles. The highest BCUT2D eigenvalue weighted by Gasteiger charge is 2.18. The number of benzene rings is 1. The predicted octanol–water partition coefficient (Wildman–Crippen LogP) is 2.91. The van der Waals surface area contributed by atoms with E-state index >= 15 is 0 Å². The van der Waals surface area contributed by atoms with Gasteiger partial charge in [-0.15, -0.1) is 24.0 Å². The number of halogens is 1. The van der Waals surface area contributed by atoms with Crippen LogP contribution in [0.1, 0.15) is 25.6 Å². The van der Waals surface area contributed by atoms with E-state index in [4.69, 9.17) is 4.74 Å². The van der Waals surface area contributed by atoms with E-state index in [-0.39, 0.29) is 24.0 Å². The molecular formula is C18H27IN6O. The average molecular weight is 470 g/mol. The Labute approximate surface area is 171 Å². The van der Waals surface area contributed by atoms with Crippen LogP contribution in [0.3, 0.4) is 0 Å². The molecule has 1 saturated heterocycles. The lowest BCUT2D eigenvalue weighted by atomic mass is 10.00. The maximum absolute atomic E-state index is 5.18. The number of hydrogen-bond donors (Lipinski definition) is 2. The first kappa shape index (κ1) is 20.5. The third kappa shape index (κ3) is 5.09. The van der Waals surface area contributed by atoms with E-state index in [9.17, 15) is 0 Å². The fourth-order valence-corrected chi connectivity index (χ4v) is 2.96. The second-order valence-corrected chi connectivity index (χ2v) is 6.40. The van der Waals surface area contributed by atoms with E-state index in [0.29, 0.717) is 12.4 Å². The maximum atomic E-state index is 5.18. The molecule has 2 aromatic rings. The molecule has 3 rings (SSSR count). The van der Waals surface area contributed by atoms with Gasteiger partial charge in [0.2, 0.25) is 0 Å². The molecular weight excluding hydrogens is 443 g/mol. The number of nitrogens with one attached hydrogen (secondary N) is 2. The Morgan fingerprint density at radius 3 is 2.62 bits per heavy atom. The third-order valence-corrected chi connectivity index (χ3v) is 4.59. The molecule has 0 radical (unpaired) electrons. The van der Waals surface area contributed by atoms with Gasteiger partial charge in [-0.25, -0.2) is 4.98 Å². The minimum Gasteiger partial charge on any atom is -0.497 e. The zero-order valence-electron chi connectivity index (χ0n) is 15.5. The van der Waals surface area contributed by atoms with Crippen LogP contribution in [0.2, 0.25) is 0 Å². The van der Waals surface area contributed by atoms with Gasteiger partial charge in [0.15, 0.2) is 11.8 Å². The van der Waals surface area contributed by atoms with Crippen molar-refractivity contribution < 1.29 is 4.74 Å². The molecule has 1 fully saturated rings. The Bertz CT molecular complexity index is 707. The SMILES string of the molecule is CN=C(NCc1nc(-c2ccc(OC)cc2)n[nH]1)N1CCC(C)CC1.I. The number of aliphatic imine (C=N–C) groups is 1. The van der Waals surface area contributed by atoms with Crippen molar-refractivity contribution in [3.8, 4) is 17.1 Å². The Hall–Kier alpha value is -1.84. The predicted molar refractivity (Wildman–Crippen MR) is 114 cm³/mol. The van der Waals surface area contributed by atoms with Gasteiger partial charge in [0.25, 0.3) is 0 Å². The van der Waals surface area contributed by atoms with Gasteiger partial charge in [-0.3, -0.25) is 10.1 Å². The number of aromatic nitrogens is 3. The second-order valence-electron chi connectivity index (χ2n) is 6.40. The van der Waals surface area contributed by atoms with Gasteiger partial charge in [-0.05, 0) is 43.0 Å². The van der Waals surface area contributed by atoms with Crippen molar-refractivity contribution in [1.29, 1.82) is 0 Å². The fraction of sp³-hybridized carbons (Fsp3) is 0.500. The van der Waals surface area contributed by atoms with Crippen LogP contribution >= 0.6 is 24.0 Å². The van der Waals surface area contributed by atoms with Gasteiger partial charge >= 0.3 is 0 Å². The Balaban J connectivity index is 0.00000243. The minimum absolute atomic E-state index is 0. The standard InChI is InChI=1S/C18H26N6O.HI/c1-13-8-10-24(11-9-13)18(19-2)20-12-16-21-17(23-22-16)14-4-6-15(25-3)7-5-14;/h4-7,13H,8-12H2,1-3H3,(H,19,20)(H,21,22,23);1H. The van der Waals surface area contributed by atoms with Crippen molar-refractivity contribution in [2.75, 3.05) is 27.2 Å². The molecule has 1 aliphatic heterocycles. The molecule has 8 heteroatoms. The fourth-order valence-electron chi connectivity index (χ4n) is 2.96. The van der Waals surface area contributed by atoms with Crippen molar-refractivity contribution in [3.05, 3.63) is 30.1 Å². The number of H-pyrrole nitrogens is 1. The number of likely N-dealkylation sites (tertiary alicyclic amines) is 1. The van der Waals surface area contributed by atoms with Crippen LogP contribution in [-0.4, -0.2) is 53.3 Å². The summed E-state index contributed by atoms with van der Waals surface area (Å²) in [6, 6.07) is 7.71. The average Bonchev–Trinajstić information content (AvgIpc) is 3.12. The summed E-state index contributed by atoms with van der Waals surface area (Å²) >= 11 is 0. The highest BCUT2D eigenvalue weighted by atomic mass is 127. The first-order valence-electron chi connectivity index (χ1n) is 8.71. The molecule has 142 valence electrons. The molecule has 26 heavy (non-hydrogen) atoms. The van der Waals surface area contributed by atoms with Crippen molar-refractivity contribution in [2.45, 2.75) is 26.3 Å². The quantitative estimate of drug-likeness (QED) is 0.408. The van der Waals surface area contributed by atoms with Crippen LogP contribution < -0.4 is 10.1 Å². The lowest BCUT2D eigenvalue weighted by Crippen LogP contribution is -2.45. The van der Waals surface area contributed by atoms with Crippen LogP contribution in [0.25, 0.3) is 11.4 Å². The highest BCUT2D eigenvalue weighted by molar-refractivity contribution is 14.0. The van der Waals surface area contributed by atoms with E-state index in [2.05, 4.69) is 37.3 Å². The van der Waals surface area contributed by atoms with E-state index in [1.165, 1.54) is 12.8 Å². The van der Waals surface area contributed by atoms with Crippen LogP contribution in [0.15, 0.2) is 29.3 Å². The number of methoxy groups -OCH3 is 1. The van der Waals surface area contributed by atoms with E-state index in [0.717, 1.165) is 42.1 Å². The number of piperidine rings is 1. The lowest BCUT2D eigenvalue weighted by molar-refractivity contribution is 0.273. The normalized spacial score (nSPS) is 15.5. The van der Waals surface area contributed by atoms with Gasteiger partial charge in [-0.1, -0.05) is 6.92 Å². The number of rotatable bonds is 4. The van der Waals surface area contributed by atoms with Crippen LogP contribution in [0.4, 0.5) is 0 Å². The van der Waals surface area contributed by atoms with Crippen LogP contribution in [0.5, 0.6) is 5.75 Å². The molecule has 0 saturated carbocycles. The molecule has 0 aliphatic carbocycles. The van der Waals surface area contributed by atoms with Crippen molar-refractivity contribution in [1.82, 2.24) is 25.4 Å². The first-order valence-corrected chi connectivity index (χ1v) is 8.71. The Kier molecular flexibility index (Phi) is 7.67. The molecule has 1 aliphatic rings. The summed E-state index contributed by atoms with van der Waals surface area (Å²) in [5.74, 6) is 4.02. The molecule has 0 atom stereocenters. The Morgan fingerprint density at radius 1 is 1.31 bits per heavy atom. The van der Waals surface area contributed by atoms with Gasteiger partial charge in [0.1, 0.15) is 11.6 Å². The third-order valence-electron chi connectivity index (χ3n) is 4.59. The van der Waals surface area contributed by atoms with Crippen molar-refractivity contribution >= 4 is 29.9 Å². The molecule has 2 N–H and O–H groups in total. The first-order chi connectivity index (χ1) is 12.2. The van der Waals surface area contributed by atoms with Gasteiger partial charge in [0, 0.05) is 25.7 Å². The molecule has 1 aromatic heterocycles. The number of nitrogens with zero attached hydrogens (tertiary/aromatic N) is 4. The topological polar surface area (TPSA) is 78.4 Å². The second kappa shape index (κ2) is 9.75. The number of aromatic amines is 1. The zero-order chi connectivity index (χ0) is 17.6. The highest BCUT2D eigenvalue weighted by Crippen LogP contribution is 2.19. The smallest absolute Gasteiger partial charge is 0.194 e. The summed E-state index contributed by atoms with van der Waals surface area (Å²) in [6.45, 7) is 4.98. The largest absolute Gasteiger partial charge is 0.497 e. The number of guanidine groups is 1. The van der Waals surface area contributed by atoms with E-state index < -0.39 is 0 Å². The van der Waals surface area contributed by atoms with Crippen molar-refractivity contribution in [2.24, 2.45) is 10.9 Å². The van der Waals surface area contributed by atoms with E-state index in [1.54, 1.807) is 7.11 Å². The maximum Gasteiger partial charge on any atom is 0.194 e. The van der Waals surface area contributed by atoms with Gasteiger partial charge in [-0.2, -0.15) is 5.10 Å². The lowest BCUT2D eigenvalue weighted by Gasteiger charge is -2.32. The minimum atomic E-state index is 0. The summed E-state index contributed by atoms with van der Waals surface area (Å²) < 4.78 is 5.18. The summed E-state index contributed by atoms with van der Waals surface area (Å²) in [6.07, 6.45) is 2.43. The summed E-state index contributed by atoms with van der Waals surface area (Å²) in [5, 5.41) is 10.7. The molecule has 0 spiro atoms. The number of hydrogen-bond acceptors (Lipinski definition) is 4.